The maximum Gasteiger partial charge on any atom is 0.322 e. The lowest BCUT2D eigenvalue weighted by molar-refractivity contribution is 0.171. The SMILES string of the molecule is Cc1c(Cl)cc(F)c(NC(=O)N2CCCCC2CS(C)(=O)=O)c1F. The van der Waals surface area contributed by atoms with Crippen molar-refractivity contribution in [3.63, 3.8) is 0 Å². The summed E-state index contributed by atoms with van der Waals surface area (Å²) in [6.45, 7) is 1.71. The molecule has 24 heavy (non-hydrogen) atoms. The summed E-state index contributed by atoms with van der Waals surface area (Å²) in [5.41, 5.74) is -0.551. The molecule has 1 aromatic carbocycles. The summed E-state index contributed by atoms with van der Waals surface area (Å²) in [6, 6.07) is -0.295. The van der Waals surface area contributed by atoms with Crippen LogP contribution in [0.1, 0.15) is 24.8 Å². The monoisotopic (exact) mass is 380 g/mol. The highest BCUT2D eigenvalue weighted by molar-refractivity contribution is 7.90. The van der Waals surface area contributed by atoms with Gasteiger partial charge in [0.05, 0.1) is 5.75 Å². The minimum absolute atomic E-state index is 0.0275. The number of carbonyl (C=O) groups excluding carboxylic acids is 1. The number of nitrogens with one attached hydrogen (secondary N) is 1. The van der Waals surface area contributed by atoms with Crippen molar-refractivity contribution in [2.45, 2.75) is 32.2 Å². The van der Waals surface area contributed by atoms with E-state index in [4.69, 9.17) is 11.6 Å². The zero-order valence-electron chi connectivity index (χ0n) is 13.4. The highest BCUT2D eigenvalue weighted by atomic mass is 35.5. The maximum atomic E-state index is 14.2. The van der Waals surface area contributed by atoms with Gasteiger partial charge in [-0.2, -0.15) is 0 Å². The van der Waals surface area contributed by atoms with Crippen LogP contribution in [-0.2, 0) is 9.84 Å². The lowest BCUT2D eigenvalue weighted by atomic mass is 10.0. The molecule has 1 saturated heterocycles. The number of nitrogens with zero attached hydrogens (tertiary/aromatic N) is 1. The van der Waals surface area contributed by atoms with Crippen molar-refractivity contribution in [1.29, 1.82) is 0 Å². The summed E-state index contributed by atoms with van der Waals surface area (Å²) >= 11 is 5.70. The van der Waals surface area contributed by atoms with Crippen molar-refractivity contribution in [2.75, 3.05) is 23.9 Å². The molecule has 0 saturated carbocycles. The first-order chi connectivity index (χ1) is 11.1. The van der Waals surface area contributed by atoms with Gasteiger partial charge in [-0.25, -0.2) is 22.0 Å². The van der Waals surface area contributed by atoms with Crippen LogP contribution in [0, 0.1) is 18.6 Å². The van der Waals surface area contributed by atoms with Crippen molar-refractivity contribution >= 4 is 33.2 Å². The molecule has 1 aliphatic heterocycles. The van der Waals surface area contributed by atoms with Gasteiger partial charge < -0.3 is 10.2 Å². The first kappa shape index (κ1) is 18.9. The number of amides is 2. The quantitative estimate of drug-likeness (QED) is 0.874. The number of anilines is 1. The molecule has 1 unspecified atom stereocenters. The molecule has 0 bridgehead atoms. The Hall–Kier alpha value is -1.41. The molecule has 2 rings (SSSR count). The molecule has 0 spiro atoms. The lowest BCUT2D eigenvalue weighted by Crippen LogP contribution is -2.48. The Morgan fingerprint density at radius 1 is 1.42 bits per heavy atom. The van der Waals surface area contributed by atoms with E-state index in [-0.39, 0.29) is 16.3 Å². The van der Waals surface area contributed by atoms with Gasteiger partial charge in [-0.15, -0.1) is 0 Å². The number of sulfone groups is 1. The average Bonchev–Trinajstić information content (AvgIpc) is 2.48. The second kappa shape index (κ2) is 7.23. The van der Waals surface area contributed by atoms with Crippen LogP contribution in [0.5, 0.6) is 0 Å². The molecule has 1 N–H and O–H groups in total. The van der Waals surface area contributed by atoms with E-state index < -0.39 is 39.2 Å². The van der Waals surface area contributed by atoms with Gasteiger partial charge in [-0.05, 0) is 32.3 Å². The Morgan fingerprint density at radius 2 is 2.08 bits per heavy atom. The fourth-order valence-corrected chi connectivity index (χ4v) is 4.00. The number of piperidine rings is 1. The smallest absolute Gasteiger partial charge is 0.321 e. The van der Waals surface area contributed by atoms with Crippen LogP contribution in [0.3, 0.4) is 0 Å². The van der Waals surface area contributed by atoms with E-state index in [2.05, 4.69) is 5.32 Å². The molecule has 1 fully saturated rings. The molecule has 0 aliphatic carbocycles. The Kier molecular flexibility index (Phi) is 5.70. The minimum Gasteiger partial charge on any atom is -0.321 e. The van der Waals surface area contributed by atoms with Crippen LogP contribution in [0.15, 0.2) is 6.07 Å². The fourth-order valence-electron chi connectivity index (χ4n) is 2.77. The molecule has 134 valence electrons. The average molecular weight is 381 g/mol. The van der Waals surface area contributed by atoms with Crippen molar-refractivity contribution in [3.8, 4) is 0 Å². The number of benzene rings is 1. The number of halogens is 3. The largest absolute Gasteiger partial charge is 0.322 e. The van der Waals surface area contributed by atoms with E-state index in [1.807, 2.05) is 0 Å². The summed E-state index contributed by atoms with van der Waals surface area (Å²) < 4.78 is 51.1. The summed E-state index contributed by atoms with van der Waals surface area (Å²) in [7, 11) is -3.28. The predicted octanol–water partition coefficient (Wildman–Crippen LogP) is 3.36. The minimum atomic E-state index is -3.28. The van der Waals surface area contributed by atoms with E-state index in [1.54, 1.807) is 0 Å². The van der Waals surface area contributed by atoms with E-state index in [0.29, 0.717) is 19.4 Å². The highest BCUT2D eigenvalue weighted by Gasteiger charge is 2.30. The summed E-state index contributed by atoms with van der Waals surface area (Å²) in [4.78, 5) is 13.7. The second-order valence-electron chi connectivity index (χ2n) is 6.02. The third kappa shape index (κ3) is 4.36. The Morgan fingerprint density at radius 3 is 2.71 bits per heavy atom. The van der Waals surface area contributed by atoms with Crippen LogP contribution in [0.4, 0.5) is 19.3 Å². The van der Waals surface area contributed by atoms with Gasteiger partial charge in [0, 0.05) is 29.4 Å². The molecule has 9 heteroatoms. The van der Waals surface area contributed by atoms with Gasteiger partial charge in [0.1, 0.15) is 15.5 Å². The molecule has 1 aromatic rings. The van der Waals surface area contributed by atoms with Crippen LogP contribution in [-0.4, -0.2) is 43.9 Å². The number of rotatable bonds is 3. The number of likely N-dealkylation sites (tertiary alicyclic amines) is 1. The molecule has 1 atom stereocenters. The third-order valence-electron chi connectivity index (χ3n) is 4.01. The summed E-state index contributed by atoms with van der Waals surface area (Å²) in [5.74, 6) is -2.09. The van der Waals surface area contributed by atoms with E-state index in [9.17, 15) is 22.0 Å². The number of hydrogen-bond acceptors (Lipinski definition) is 3. The normalized spacial score (nSPS) is 18.5. The van der Waals surface area contributed by atoms with E-state index in [1.165, 1.54) is 11.8 Å². The van der Waals surface area contributed by atoms with Crippen LogP contribution in [0.2, 0.25) is 5.02 Å². The summed E-state index contributed by atoms with van der Waals surface area (Å²) in [6.07, 6.45) is 3.13. The van der Waals surface area contributed by atoms with Crippen LogP contribution in [0.25, 0.3) is 0 Å². The molecular formula is C15H19ClF2N2O3S. The topological polar surface area (TPSA) is 66.5 Å². The third-order valence-corrected chi connectivity index (χ3v) is 5.40. The Bertz CT molecular complexity index is 756. The predicted molar refractivity (Wildman–Crippen MR) is 89.2 cm³/mol. The Labute approximate surface area is 144 Å². The summed E-state index contributed by atoms with van der Waals surface area (Å²) in [5, 5.41) is 2.14. The van der Waals surface area contributed by atoms with Gasteiger partial charge in [0.25, 0.3) is 0 Å². The first-order valence-corrected chi connectivity index (χ1v) is 9.93. The zero-order valence-corrected chi connectivity index (χ0v) is 15.0. The maximum absolute atomic E-state index is 14.2. The standard InChI is InChI=1S/C15H19ClF2N2O3S/c1-9-11(16)7-12(17)14(13(9)18)19-15(21)20-6-4-3-5-10(20)8-24(2,22)23/h7,10H,3-6,8H2,1-2H3,(H,19,21). The van der Waals surface area contributed by atoms with Gasteiger partial charge in [0.15, 0.2) is 11.6 Å². The molecule has 5 nitrogen and oxygen atoms in total. The van der Waals surface area contributed by atoms with Crippen molar-refractivity contribution < 1.29 is 22.0 Å². The van der Waals surface area contributed by atoms with Gasteiger partial charge in [-0.1, -0.05) is 11.6 Å². The highest BCUT2D eigenvalue weighted by Crippen LogP contribution is 2.29. The number of urea groups is 1. The molecule has 0 aromatic heterocycles. The van der Waals surface area contributed by atoms with E-state index in [0.717, 1.165) is 18.7 Å². The fraction of sp³-hybridized carbons (Fsp3) is 0.533. The number of carbonyl (C=O) groups is 1. The second-order valence-corrected chi connectivity index (χ2v) is 8.61. The van der Waals surface area contributed by atoms with Crippen molar-refractivity contribution in [1.82, 2.24) is 4.90 Å². The Balaban J connectivity index is 2.23. The molecule has 0 radical (unpaired) electrons. The number of hydrogen-bond donors (Lipinski definition) is 1. The molecule has 2 amide bonds. The van der Waals surface area contributed by atoms with Gasteiger partial charge >= 0.3 is 6.03 Å². The van der Waals surface area contributed by atoms with Gasteiger partial charge in [0.2, 0.25) is 0 Å². The zero-order chi connectivity index (χ0) is 18.1. The molecular weight excluding hydrogens is 362 g/mol. The first-order valence-electron chi connectivity index (χ1n) is 7.49. The van der Waals surface area contributed by atoms with Crippen molar-refractivity contribution in [3.05, 3.63) is 28.3 Å². The van der Waals surface area contributed by atoms with Gasteiger partial charge in [-0.3, -0.25) is 0 Å². The lowest BCUT2D eigenvalue weighted by Gasteiger charge is -2.35. The van der Waals surface area contributed by atoms with Crippen LogP contribution < -0.4 is 5.32 Å². The molecule has 1 aliphatic rings. The van der Waals surface area contributed by atoms with Crippen molar-refractivity contribution in [2.24, 2.45) is 0 Å². The van der Waals surface area contributed by atoms with E-state index >= 15 is 0 Å². The van der Waals surface area contributed by atoms with Crippen LogP contribution >= 0.6 is 11.6 Å². The molecule has 1 heterocycles.